The van der Waals surface area contributed by atoms with E-state index in [2.05, 4.69) is 40.5 Å². The smallest absolute Gasteiger partial charge is 0.0948 e. The van der Waals surface area contributed by atoms with E-state index < -0.39 is 0 Å². The summed E-state index contributed by atoms with van der Waals surface area (Å²) in [6, 6.07) is 1.25. The molecule has 4 nitrogen and oxygen atoms in total. The van der Waals surface area contributed by atoms with E-state index in [-0.39, 0.29) is 0 Å². The molecule has 1 aliphatic heterocycles. The first-order valence-electron chi connectivity index (χ1n) is 8.17. The summed E-state index contributed by atoms with van der Waals surface area (Å²) in [5.41, 5.74) is 1.36. The Balaban J connectivity index is 1.95. The number of nitrogens with one attached hydrogen (secondary N) is 1. The van der Waals surface area contributed by atoms with Crippen LogP contribution in [0, 0.1) is 0 Å². The molecule has 2 rings (SSSR count). The molecular formula is C16H30N4. The predicted octanol–water partition coefficient (Wildman–Crippen LogP) is 2.65. The van der Waals surface area contributed by atoms with Gasteiger partial charge in [-0.05, 0) is 25.8 Å². The summed E-state index contributed by atoms with van der Waals surface area (Å²) in [5, 5.41) is 3.60. The van der Waals surface area contributed by atoms with Gasteiger partial charge < -0.3 is 9.88 Å². The number of aryl methyl sites for hydroxylation is 1. The quantitative estimate of drug-likeness (QED) is 0.832. The van der Waals surface area contributed by atoms with Gasteiger partial charge in [-0.25, -0.2) is 4.98 Å². The average molecular weight is 278 g/mol. The standard InChI is InChI=1S/C16H30N4/c1-4-8-20-13-17-10-16(20)12-19-9-6-5-7-15(19)11-18-14(2)3/h10,13-15,18H,4-9,11-12H2,1-3H3. The van der Waals surface area contributed by atoms with Crippen LogP contribution in [-0.2, 0) is 13.1 Å². The lowest BCUT2D eigenvalue weighted by molar-refractivity contribution is 0.132. The van der Waals surface area contributed by atoms with Crippen LogP contribution in [0.25, 0.3) is 0 Å². The molecule has 1 aliphatic rings. The first-order chi connectivity index (χ1) is 9.70. The molecule has 1 aromatic heterocycles. The first-order valence-corrected chi connectivity index (χ1v) is 8.17. The molecule has 4 heteroatoms. The van der Waals surface area contributed by atoms with E-state index in [1.165, 1.54) is 37.9 Å². The van der Waals surface area contributed by atoms with Crippen LogP contribution in [0.1, 0.15) is 52.1 Å². The Kier molecular flexibility index (Phi) is 6.05. The van der Waals surface area contributed by atoms with E-state index in [1.54, 1.807) is 0 Å². The highest BCUT2D eigenvalue weighted by atomic mass is 15.2. The number of hydrogen-bond donors (Lipinski definition) is 1. The largest absolute Gasteiger partial charge is 0.333 e. The molecule has 0 radical (unpaired) electrons. The van der Waals surface area contributed by atoms with Crippen LogP contribution in [0.4, 0.5) is 0 Å². The van der Waals surface area contributed by atoms with Crippen molar-refractivity contribution in [3.05, 3.63) is 18.2 Å². The summed E-state index contributed by atoms with van der Waals surface area (Å²) >= 11 is 0. The van der Waals surface area contributed by atoms with Crippen LogP contribution >= 0.6 is 0 Å². The third-order valence-corrected chi connectivity index (χ3v) is 4.14. The zero-order valence-corrected chi connectivity index (χ0v) is 13.3. The van der Waals surface area contributed by atoms with Crippen molar-refractivity contribution in [1.82, 2.24) is 19.8 Å². The SMILES string of the molecule is CCCn1cncc1CN1CCCCC1CNC(C)C. The topological polar surface area (TPSA) is 33.1 Å². The summed E-state index contributed by atoms with van der Waals surface area (Å²) in [7, 11) is 0. The van der Waals surface area contributed by atoms with Crippen molar-refractivity contribution in [2.24, 2.45) is 0 Å². The lowest BCUT2D eigenvalue weighted by Gasteiger charge is -2.36. The van der Waals surface area contributed by atoms with Crippen LogP contribution in [0.2, 0.25) is 0 Å². The lowest BCUT2D eigenvalue weighted by atomic mass is 10.0. The minimum atomic E-state index is 0.574. The molecule has 0 bridgehead atoms. The van der Waals surface area contributed by atoms with E-state index in [0.29, 0.717) is 12.1 Å². The number of nitrogens with zero attached hydrogens (tertiary/aromatic N) is 3. The highest BCUT2D eigenvalue weighted by Gasteiger charge is 2.23. The molecule has 20 heavy (non-hydrogen) atoms. The van der Waals surface area contributed by atoms with Crippen molar-refractivity contribution in [3.8, 4) is 0 Å². The summed E-state index contributed by atoms with van der Waals surface area (Å²) in [6.45, 7) is 11.1. The van der Waals surface area contributed by atoms with Gasteiger partial charge >= 0.3 is 0 Å². The fourth-order valence-electron chi connectivity index (χ4n) is 3.00. The summed E-state index contributed by atoms with van der Waals surface area (Å²) in [4.78, 5) is 6.97. The number of rotatable bonds is 7. The molecule has 1 saturated heterocycles. The zero-order chi connectivity index (χ0) is 14.4. The summed E-state index contributed by atoms with van der Waals surface area (Å²) in [6.07, 6.45) is 9.21. The maximum absolute atomic E-state index is 4.33. The zero-order valence-electron chi connectivity index (χ0n) is 13.3. The van der Waals surface area contributed by atoms with E-state index in [0.717, 1.165) is 19.6 Å². The van der Waals surface area contributed by atoms with E-state index >= 15 is 0 Å². The Morgan fingerprint density at radius 1 is 1.40 bits per heavy atom. The van der Waals surface area contributed by atoms with E-state index in [9.17, 15) is 0 Å². The van der Waals surface area contributed by atoms with E-state index in [4.69, 9.17) is 0 Å². The van der Waals surface area contributed by atoms with Crippen LogP contribution < -0.4 is 5.32 Å². The molecule has 1 atom stereocenters. The molecule has 0 aliphatic carbocycles. The predicted molar refractivity (Wildman–Crippen MR) is 83.7 cm³/mol. The number of imidazole rings is 1. The molecule has 1 unspecified atom stereocenters. The van der Waals surface area contributed by atoms with Crippen molar-refractivity contribution in [2.45, 2.75) is 71.6 Å². The Hall–Kier alpha value is -0.870. The Labute approximate surface area is 123 Å². The average Bonchev–Trinajstić information content (AvgIpc) is 2.85. The minimum absolute atomic E-state index is 0.574. The highest BCUT2D eigenvalue weighted by Crippen LogP contribution is 2.19. The minimum Gasteiger partial charge on any atom is -0.333 e. The molecule has 114 valence electrons. The van der Waals surface area contributed by atoms with Gasteiger partial charge in [0.2, 0.25) is 0 Å². The van der Waals surface area contributed by atoms with Crippen LogP contribution in [0.15, 0.2) is 12.5 Å². The van der Waals surface area contributed by atoms with Crippen LogP contribution in [0.5, 0.6) is 0 Å². The number of piperidine rings is 1. The Morgan fingerprint density at radius 3 is 3.00 bits per heavy atom. The van der Waals surface area contributed by atoms with Gasteiger partial charge in [0.15, 0.2) is 0 Å². The first kappa shape index (κ1) is 15.5. The Morgan fingerprint density at radius 2 is 2.25 bits per heavy atom. The maximum atomic E-state index is 4.33. The second-order valence-corrected chi connectivity index (χ2v) is 6.26. The van der Waals surface area contributed by atoms with Gasteiger partial charge in [-0.3, -0.25) is 4.90 Å². The van der Waals surface area contributed by atoms with Crippen LogP contribution in [-0.4, -0.2) is 39.6 Å². The third kappa shape index (κ3) is 4.32. The van der Waals surface area contributed by atoms with Gasteiger partial charge in [0, 0.05) is 37.9 Å². The van der Waals surface area contributed by atoms with Crippen molar-refractivity contribution >= 4 is 0 Å². The molecule has 1 aromatic rings. The van der Waals surface area contributed by atoms with Crippen LogP contribution in [0.3, 0.4) is 0 Å². The molecule has 0 saturated carbocycles. The summed E-state index contributed by atoms with van der Waals surface area (Å²) < 4.78 is 2.31. The molecule has 1 fully saturated rings. The van der Waals surface area contributed by atoms with Crippen molar-refractivity contribution in [2.75, 3.05) is 13.1 Å². The monoisotopic (exact) mass is 278 g/mol. The van der Waals surface area contributed by atoms with Crippen molar-refractivity contribution < 1.29 is 0 Å². The normalized spacial score (nSPS) is 20.7. The summed E-state index contributed by atoms with van der Waals surface area (Å²) in [5.74, 6) is 0. The number of aromatic nitrogens is 2. The molecule has 0 aromatic carbocycles. The Bertz CT molecular complexity index is 386. The van der Waals surface area contributed by atoms with Gasteiger partial charge in [-0.15, -0.1) is 0 Å². The van der Waals surface area contributed by atoms with Gasteiger partial charge in [0.1, 0.15) is 0 Å². The molecule has 0 spiro atoms. The third-order valence-electron chi connectivity index (χ3n) is 4.14. The van der Waals surface area contributed by atoms with Crippen molar-refractivity contribution in [1.29, 1.82) is 0 Å². The number of hydrogen-bond acceptors (Lipinski definition) is 3. The van der Waals surface area contributed by atoms with Crippen molar-refractivity contribution in [3.63, 3.8) is 0 Å². The molecule has 1 N–H and O–H groups in total. The second kappa shape index (κ2) is 7.79. The fraction of sp³-hybridized carbons (Fsp3) is 0.812. The van der Waals surface area contributed by atoms with Gasteiger partial charge in [0.05, 0.1) is 12.0 Å². The number of likely N-dealkylation sites (tertiary alicyclic amines) is 1. The molecule has 0 amide bonds. The van der Waals surface area contributed by atoms with Gasteiger partial charge in [-0.1, -0.05) is 27.2 Å². The lowest BCUT2D eigenvalue weighted by Crippen LogP contribution is -2.46. The molecule has 2 heterocycles. The maximum Gasteiger partial charge on any atom is 0.0948 e. The van der Waals surface area contributed by atoms with Gasteiger partial charge in [0.25, 0.3) is 0 Å². The highest BCUT2D eigenvalue weighted by molar-refractivity contribution is 4.99. The van der Waals surface area contributed by atoms with Gasteiger partial charge in [-0.2, -0.15) is 0 Å². The molecular weight excluding hydrogens is 248 g/mol. The fourth-order valence-corrected chi connectivity index (χ4v) is 3.00. The van der Waals surface area contributed by atoms with E-state index in [1.807, 2.05) is 12.5 Å². The second-order valence-electron chi connectivity index (χ2n) is 6.26.